The molecule has 42 heavy (non-hydrogen) atoms. The summed E-state index contributed by atoms with van der Waals surface area (Å²) in [4.78, 5) is 52.6. The van der Waals surface area contributed by atoms with Crippen LogP contribution in [0.2, 0.25) is 0 Å². The summed E-state index contributed by atoms with van der Waals surface area (Å²) < 4.78 is 23.6. The van der Waals surface area contributed by atoms with Crippen molar-refractivity contribution in [1.82, 2.24) is 4.90 Å². The van der Waals surface area contributed by atoms with E-state index in [0.29, 0.717) is 17.6 Å². The van der Waals surface area contributed by atoms with E-state index < -0.39 is 48.4 Å². The Morgan fingerprint density at radius 2 is 1.24 bits per heavy atom. The van der Waals surface area contributed by atoms with Gasteiger partial charge in [-0.2, -0.15) is 0 Å². The van der Waals surface area contributed by atoms with Gasteiger partial charge in [-0.15, -0.1) is 0 Å². The highest BCUT2D eigenvalue weighted by Gasteiger charge is 2.52. The van der Waals surface area contributed by atoms with Crippen LogP contribution in [0.1, 0.15) is 37.5 Å². The number of rotatable bonds is 9. The number of hydrogen-bond acceptors (Lipinski definition) is 9. The lowest BCUT2D eigenvalue weighted by atomic mass is 10.1. The minimum Gasteiger partial charge on any atom is -0.459 e. The third-order valence-corrected chi connectivity index (χ3v) is 6.71. The van der Waals surface area contributed by atoms with Gasteiger partial charge in [0.25, 0.3) is 0 Å². The Bertz CT molecular complexity index is 1490. The zero-order chi connectivity index (χ0) is 29.5. The van der Waals surface area contributed by atoms with Gasteiger partial charge in [0.2, 0.25) is 5.91 Å². The van der Waals surface area contributed by atoms with E-state index in [2.05, 4.69) is 0 Å². The molecule has 1 fully saturated rings. The van der Waals surface area contributed by atoms with Crippen LogP contribution in [-0.2, 0) is 23.7 Å². The quantitative estimate of drug-likeness (QED) is 0.303. The highest BCUT2D eigenvalue weighted by atomic mass is 16.7. The van der Waals surface area contributed by atoms with E-state index in [-0.39, 0.29) is 17.7 Å². The molecule has 4 atom stereocenters. The Hall–Kier alpha value is -5.22. The summed E-state index contributed by atoms with van der Waals surface area (Å²) in [5.41, 5.74) is 6.68. The lowest BCUT2D eigenvalue weighted by Crippen LogP contribution is -2.45. The van der Waals surface area contributed by atoms with Crippen LogP contribution in [0.5, 0.6) is 0 Å². The number of amides is 1. The van der Waals surface area contributed by atoms with Crippen molar-refractivity contribution in [2.45, 2.75) is 31.0 Å². The molecule has 3 aromatic rings. The average Bonchev–Trinajstić information content (AvgIpc) is 3.37. The van der Waals surface area contributed by atoms with Crippen molar-refractivity contribution >= 4 is 23.8 Å². The smallest absolute Gasteiger partial charge is 0.338 e. The number of hydrogen-bond donors (Lipinski definition) is 1. The van der Waals surface area contributed by atoms with Crippen molar-refractivity contribution in [1.29, 1.82) is 0 Å². The van der Waals surface area contributed by atoms with Gasteiger partial charge < -0.3 is 29.6 Å². The molecule has 2 N–H and O–H groups in total. The van der Waals surface area contributed by atoms with Gasteiger partial charge in [-0.3, -0.25) is 4.79 Å². The lowest BCUT2D eigenvalue weighted by Gasteiger charge is -2.31. The SMILES string of the molecule is NC(=O)C1=CN(C2OC(COC(=O)c3ccccc3)[C@@H](OC(=O)c3ccccc3)C2OC(=O)c2ccccc2)C=CC1. The average molecular weight is 569 g/mol. The van der Waals surface area contributed by atoms with Gasteiger partial charge >= 0.3 is 17.9 Å². The van der Waals surface area contributed by atoms with Crippen LogP contribution >= 0.6 is 0 Å². The molecule has 1 amide bonds. The fourth-order valence-corrected chi connectivity index (χ4v) is 4.60. The van der Waals surface area contributed by atoms with E-state index in [1.165, 1.54) is 11.1 Å². The molecular formula is C32H28N2O8. The van der Waals surface area contributed by atoms with E-state index in [9.17, 15) is 19.2 Å². The summed E-state index contributed by atoms with van der Waals surface area (Å²) in [7, 11) is 0. The van der Waals surface area contributed by atoms with Crippen LogP contribution in [0.15, 0.2) is 115 Å². The maximum Gasteiger partial charge on any atom is 0.338 e. The van der Waals surface area contributed by atoms with Crippen LogP contribution in [0.3, 0.4) is 0 Å². The number of esters is 3. The van der Waals surface area contributed by atoms with Crippen molar-refractivity contribution in [3.8, 4) is 0 Å². The molecule has 0 aromatic heterocycles. The molecule has 10 heteroatoms. The highest BCUT2D eigenvalue weighted by Crippen LogP contribution is 2.33. The second kappa shape index (κ2) is 13.0. The molecule has 5 rings (SSSR count). The molecule has 0 bridgehead atoms. The van der Waals surface area contributed by atoms with Crippen molar-refractivity contribution in [2.75, 3.05) is 6.61 Å². The Balaban J connectivity index is 1.47. The van der Waals surface area contributed by atoms with E-state index in [1.54, 1.807) is 103 Å². The largest absolute Gasteiger partial charge is 0.459 e. The molecule has 0 spiro atoms. The van der Waals surface area contributed by atoms with Crippen molar-refractivity contribution in [2.24, 2.45) is 5.73 Å². The van der Waals surface area contributed by atoms with Gasteiger partial charge in [-0.25, -0.2) is 14.4 Å². The summed E-state index contributed by atoms with van der Waals surface area (Å²) in [6.45, 7) is -0.319. The fourth-order valence-electron chi connectivity index (χ4n) is 4.60. The number of primary amides is 1. The molecule has 214 valence electrons. The summed E-state index contributed by atoms with van der Waals surface area (Å²) in [5, 5.41) is 0. The maximum absolute atomic E-state index is 13.2. The van der Waals surface area contributed by atoms with Crippen LogP contribution in [0.4, 0.5) is 0 Å². The molecule has 0 radical (unpaired) electrons. The van der Waals surface area contributed by atoms with E-state index in [0.717, 1.165) is 0 Å². The normalized spacial score (nSPS) is 21.2. The van der Waals surface area contributed by atoms with Gasteiger partial charge in [0.15, 0.2) is 18.4 Å². The van der Waals surface area contributed by atoms with Crippen LogP contribution < -0.4 is 5.73 Å². The summed E-state index contributed by atoms with van der Waals surface area (Å²) in [6, 6.07) is 25.0. The van der Waals surface area contributed by atoms with Gasteiger partial charge in [-0.1, -0.05) is 60.7 Å². The molecule has 10 nitrogen and oxygen atoms in total. The van der Waals surface area contributed by atoms with Crippen molar-refractivity contribution in [3.05, 3.63) is 132 Å². The van der Waals surface area contributed by atoms with Crippen LogP contribution in [0.25, 0.3) is 0 Å². The third-order valence-electron chi connectivity index (χ3n) is 6.71. The zero-order valence-corrected chi connectivity index (χ0v) is 22.4. The molecule has 0 saturated carbocycles. The van der Waals surface area contributed by atoms with E-state index >= 15 is 0 Å². The maximum atomic E-state index is 13.2. The number of carbonyl (C=O) groups excluding carboxylic acids is 4. The van der Waals surface area contributed by atoms with Crippen LogP contribution in [-0.4, -0.2) is 59.9 Å². The van der Waals surface area contributed by atoms with Crippen molar-refractivity contribution in [3.63, 3.8) is 0 Å². The molecule has 2 heterocycles. The second-order valence-corrected chi connectivity index (χ2v) is 9.56. The molecule has 1 saturated heterocycles. The number of carbonyl (C=O) groups is 4. The highest BCUT2D eigenvalue weighted by molar-refractivity contribution is 5.92. The topological polar surface area (TPSA) is 134 Å². The summed E-state index contributed by atoms with van der Waals surface area (Å²) in [5.74, 6) is -2.60. The summed E-state index contributed by atoms with van der Waals surface area (Å²) in [6.07, 6.45) is 0.658. The van der Waals surface area contributed by atoms with Gasteiger partial charge in [-0.05, 0) is 42.8 Å². The van der Waals surface area contributed by atoms with Crippen molar-refractivity contribution < 1.29 is 38.1 Å². The zero-order valence-electron chi connectivity index (χ0n) is 22.4. The standard InChI is InChI=1S/C32H28N2O8/c33-28(35)24-17-10-18-34(19-24)29-27(42-32(38)23-15-8-3-9-16-23)26(41-31(37)22-13-6-2-7-14-22)25(40-29)20-39-30(36)21-11-4-1-5-12-21/h1-16,18-19,25-27,29H,17,20H2,(H2,33,35)/t25?,26-,27?,29?/m1/s1. The first-order valence-corrected chi connectivity index (χ1v) is 13.2. The first-order valence-electron chi connectivity index (χ1n) is 13.2. The third kappa shape index (κ3) is 6.56. The molecule has 3 unspecified atom stereocenters. The Kier molecular flexibility index (Phi) is 8.74. The number of nitrogens with zero attached hydrogens (tertiary/aromatic N) is 1. The Labute approximate surface area is 241 Å². The summed E-state index contributed by atoms with van der Waals surface area (Å²) >= 11 is 0. The van der Waals surface area contributed by atoms with Crippen LogP contribution in [0, 0.1) is 0 Å². The molecular weight excluding hydrogens is 540 g/mol. The predicted molar refractivity (Wildman–Crippen MR) is 150 cm³/mol. The number of ether oxygens (including phenoxy) is 4. The Morgan fingerprint density at radius 1 is 0.738 bits per heavy atom. The molecule has 3 aromatic carbocycles. The molecule has 2 aliphatic heterocycles. The minimum absolute atomic E-state index is 0.267. The Morgan fingerprint density at radius 3 is 1.76 bits per heavy atom. The predicted octanol–water partition coefficient (Wildman–Crippen LogP) is 3.61. The minimum atomic E-state index is -1.20. The van der Waals surface area contributed by atoms with Gasteiger partial charge in [0, 0.05) is 18.0 Å². The number of nitrogens with two attached hydrogens (primary N) is 1. The fraction of sp³-hybridized carbons (Fsp3) is 0.188. The lowest BCUT2D eigenvalue weighted by molar-refractivity contribution is -0.115. The molecule has 0 aliphatic carbocycles. The van der Waals surface area contributed by atoms with E-state index in [4.69, 9.17) is 24.7 Å². The first kappa shape index (κ1) is 28.3. The van der Waals surface area contributed by atoms with Gasteiger partial charge in [0.05, 0.1) is 16.7 Å². The number of allylic oxidation sites excluding steroid dienone is 1. The first-order chi connectivity index (χ1) is 20.4. The molecule has 2 aliphatic rings. The van der Waals surface area contributed by atoms with Gasteiger partial charge in [0.1, 0.15) is 12.7 Å². The van der Waals surface area contributed by atoms with E-state index in [1.807, 2.05) is 0 Å². The monoisotopic (exact) mass is 568 g/mol. The number of benzene rings is 3. The second-order valence-electron chi connectivity index (χ2n) is 9.56.